The Morgan fingerprint density at radius 2 is 0.804 bits per heavy atom. The molecule has 0 N–H and O–H groups in total. The van der Waals surface area contributed by atoms with E-state index in [0.29, 0.717) is 44.6 Å². The molecule has 1 heterocycles. The van der Waals surface area contributed by atoms with E-state index in [1.54, 1.807) is 24.3 Å². The minimum Gasteiger partial charge on any atom is -0.542 e. The van der Waals surface area contributed by atoms with E-state index in [4.69, 9.17) is 8.85 Å². The molecule has 56 heavy (non-hydrogen) atoms. The zero-order valence-electron chi connectivity index (χ0n) is 35.6. The standard InChI is InChI=1S/C44H60N4O6Si2/c1-27(2)55(28(3)4,29(5)6)53-43-25-41-39(21-33(43)13)40-22-34(14)44(54-56(30(7)8,31(9)10)32(11)12)26-42(40)46(36-18-16-20-38(24-36)48(51)52)45(41)35-17-15-19-37(23-35)47(49)50/h15-32H,1-14H3. The Hall–Kier alpha value is -4.69. The Balaban J connectivity index is 1.92. The first-order chi connectivity index (χ1) is 26.2. The van der Waals surface area contributed by atoms with Gasteiger partial charge in [0.25, 0.3) is 28.0 Å². The van der Waals surface area contributed by atoms with Crippen LogP contribution in [0.15, 0.2) is 72.8 Å². The predicted molar refractivity (Wildman–Crippen MR) is 235 cm³/mol. The molecule has 0 fully saturated rings. The van der Waals surface area contributed by atoms with Gasteiger partial charge in [-0.05, 0) is 82.5 Å². The molecule has 0 unspecified atom stereocenters. The molecule has 300 valence electrons. The van der Waals surface area contributed by atoms with Crippen molar-refractivity contribution in [2.24, 2.45) is 0 Å². The van der Waals surface area contributed by atoms with Gasteiger partial charge in [0, 0.05) is 47.5 Å². The fourth-order valence-corrected chi connectivity index (χ4v) is 20.3. The molecule has 0 amide bonds. The van der Waals surface area contributed by atoms with Crippen molar-refractivity contribution in [3.8, 4) is 22.6 Å². The third-order valence-electron chi connectivity index (χ3n) is 12.1. The molecule has 0 saturated carbocycles. The zero-order chi connectivity index (χ0) is 41.6. The van der Waals surface area contributed by atoms with Crippen LogP contribution < -0.4 is 18.9 Å². The molecule has 0 saturated heterocycles. The maximum absolute atomic E-state index is 12.2. The SMILES string of the molecule is Cc1cc2c(cc1O[Si](C(C)C)(C(C)C)C(C)C)N(c1cccc([N+](=O)[O-])c1)N(c1cccc([N+](=O)[O-])c1)c1cc(O[Si](C(C)C)(C(C)C)C(C)C)c(C)cc1-2. The highest BCUT2D eigenvalue weighted by Crippen LogP contribution is 2.55. The summed E-state index contributed by atoms with van der Waals surface area (Å²) < 4.78 is 14.7. The number of rotatable bonds is 14. The first-order valence-corrected chi connectivity index (χ1v) is 24.2. The average molecular weight is 797 g/mol. The van der Waals surface area contributed by atoms with E-state index in [9.17, 15) is 20.2 Å². The number of nitro groups is 2. The van der Waals surface area contributed by atoms with Gasteiger partial charge in [-0.25, -0.2) is 10.0 Å². The van der Waals surface area contributed by atoms with Crippen molar-refractivity contribution in [3.63, 3.8) is 0 Å². The molecular formula is C44H60N4O6Si2. The highest BCUT2D eigenvalue weighted by Gasteiger charge is 2.49. The van der Waals surface area contributed by atoms with Crippen molar-refractivity contribution >= 4 is 50.8 Å². The molecule has 0 aromatic heterocycles. The van der Waals surface area contributed by atoms with Gasteiger partial charge in [-0.2, -0.15) is 0 Å². The number of benzene rings is 4. The van der Waals surface area contributed by atoms with E-state index in [-0.39, 0.29) is 11.4 Å². The van der Waals surface area contributed by atoms with Crippen LogP contribution in [0.25, 0.3) is 11.1 Å². The van der Waals surface area contributed by atoms with E-state index in [2.05, 4.69) is 121 Å². The van der Waals surface area contributed by atoms with Gasteiger partial charge in [-0.1, -0.05) is 95.2 Å². The van der Waals surface area contributed by atoms with Gasteiger partial charge in [0.1, 0.15) is 11.5 Å². The monoisotopic (exact) mass is 796 g/mol. The van der Waals surface area contributed by atoms with Crippen molar-refractivity contribution < 1.29 is 18.7 Å². The van der Waals surface area contributed by atoms with Crippen LogP contribution in [-0.4, -0.2) is 26.5 Å². The average Bonchev–Trinajstić information content (AvgIpc) is 3.11. The summed E-state index contributed by atoms with van der Waals surface area (Å²) >= 11 is 0. The number of hydrogen-bond donors (Lipinski definition) is 0. The van der Waals surface area contributed by atoms with Crippen molar-refractivity contribution in [1.29, 1.82) is 0 Å². The summed E-state index contributed by atoms with van der Waals surface area (Å²) in [6.45, 7) is 31.3. The molecule has 1 aliphatic rings. The van der Waals surface area contributed by atoms with E-state index in [0.717, 1.165) is 45.1 Å². The van der Waals surface area contributed by atoms with Gasteiger partial charge in [0.2, 0.25) is 0 Å². The maximum Gasteiger partial charge on any atom is 0.271 e. The Morgan fingerprint density at radius 3 is 1.07 bits per heavy atom. The summed E-state index contributed by atoms with van der Waals surface area (Å²) in [5, 5.41) is 28.4. The Morgan fingerprint density at radius 1 is 0.500 bits per heavy atom. The van der Waals surface area contributed by atoms with Gasteiger partial charge in [0.05, 0.1) is 32.6 Å². The van der Waals surface area contributed by atoms with Crippen LogP contribution in [0.5, 0.6) is 11.5 Å². The second-order valence-electron chi connectivity index (χ2n) is 17.3. The van der Waals surface area contributed by atoms with Crippen LogP contribution in [0.1, 0.15) is 94.2 Å². The van der Waals surface area contributed by atoms with Crippen LogP contribution in [0.4, 0.5) is 34.1 Å². The lowest BCUT2D eigenvalue weighted by Gasteiger charge is -2.46. The largest absolute Gasteiger partial charge is 0.542 e. The highest BCUT2D eigenvalue weighted by molar-refractivity contribution is 6.78. The normalized spacial score (nSPS) is 13.3. The second-order valence-corrected chi connectivity index (χ2v) is 28.0. The predicted octanol–water partition coefficient (Wildman–Crippen LogP) is 14.1. The van der Waals surface area contributed by atoms with Gasteiger partial charge in [0.15, 0.2) is 0 Å². The maximum atomic E-state index is 12.2. The lowest BCUT2D eigenvalue weighted by Crippen LogP contribution is -2.51. The van der Waals surface area contributed by atoms with Gasteiger partial charge in [-0.3, -0.25) is 20.2 Å². The Kier molecular flexibility index (Phi) is 12.2. The van der Waals surface area contributed by atoms with Crippen LogP contribution in [0.2, 0.25) is 33.2 Å². The summed E-state index contributed by atoms with van der Waals surface area (Å²) in [5.74, 6) is 1.53. The number of hydrogen-bond acceptors (Lipinski definition) is 8. The van der Waals surface area contributed by atoms with Crippen LogP contribution in [0, 0.1) is 34.1 Å². The summed E-state index contributed by atoms with van der Waals surface area (Å²) in [7, 11) is -4.84. The van der Waals surface area contributed by atoms with Crippen molar-refractivity contribution in [2.75, 3.05) is 10.0 Å². The van der Waals surface area contributed by atoms with Gasteiger partial charge < -0.3 is 8.85 Å². The zero-order valence-corrected chi connectivity index (χ0v) is 37.6. The molecule has 0 atom stereocenters. The smallest absolute Gasteiger partial charge is 0.271 e. The minimum absolute atomic E-state index is 0.0715. The van der Waals surface area contributed by atoms with Crippen molar-refractivity contribution in [2.45, 2.75) is 130 Å². The fourth-order valence-electron chi connectivity index (χ4n) is 9.65. The number of nitro benzene ring substituents is 2. The molecule has 0 aliphatic carbocycles. The third kappa shape index (κ3) is 7.33. The molecule has 12 heteroatoms. The van der Waals surface area contributed by atoms with Crippen LogP contribution in [0.3, 0.4) is 0 Å². The Labute approximate surface area is 335 Å². The number of fused-ring (bicyclic) bond motifs is 3. The molecule has 10 nitrogen and oxygen atoms in total. The molecule has 0 radical (unpaired) electrons. The first kappa shape index (κ1) is 42.5. The molecule has 5 rings (SSSR count). The number of hydrazine groups is 1. The lowest BCUT2D eigenvalue weighted by molar-refractivity contribution is -0.385. The number of anilines is 4. The lowest BCUT2D eigenvalue weighted by atomic mass is 9.94. The number of nitrogens with zero attached hydrogens (tertiary/aromatic N) is 4. The van der Waals surface area contributed by atoms with Crippen LogP contribution in [-0.2, 0) is 0 Å². The summed E-state index contributed by atoms with van der Waals surface area (Å²) in [6.07, 6.45) is 0. The van der Waals surface area contributed by atoms with Gasteiger partial charge >= 0.3 is 0 Å². The molecular weight excluding hydrogens is 737 g/mol. The quantitative estimate of drug-likeness (QED) is 0.0704. The highest BCUT2D eigenvalue weighted by atomic mass is 28.4. The van der Waals surface area contributed by atoms with Gasteiger partial charge in [-0.15, -0.1) is 0 Å². The number of non-ortho nitro benzene ring substituents is 2. The number of aryl methyl sites for hydroxylation is 2. The molecule has 1 aliphatic heterocycles. The minimum atomic E-state index is -2.42. The van der Waals surface area contributed by atoms with E-state index in [1.807, 2.05) is 22.2 Å². The third-order valence-corrected chi connectivity index (χ3v) is 24.1. The summed E-state index contributed by atoms with van der Waals surface area (Å²) in [4.78, 5) is 23.7. The van der Waals surface area contributed by atoms with Crippen LogP contribution >= 0.6 is 0 Å². The molecule has 4 aromatic rings. The summed E-state index contributed by atoms with van der Waals surface area (Å²) in [6, 6.07) is 21.5. The molecule has 4 aromatic carbocycles. The topological polar surface area (TPSA) is 111 Å². The van der Waals surface area contributed by atoms with Crippen molar-refractivity contribution in [1.82, 2.24) is 0 Å². The molecule has 0 spiro atoms. The summed E-state index contributed by atoms with van der Waals surface area (Å²) in [5.41, 5.74) is 8.14. The van der Waals surface area contributed by atoms with E-state index >= 15 is 0 Å². The molecule has 0 bridgehead atoms. The van der Waals surface area contributed by atoms with Crippen molar-refractivity contribution in [3.05, 3.63) is 104 Å². The fraction of sp³-hybridized carbons (Fsp3) is 0.455. The second kappa shape index (κ2) is 16.0. The first-order valence-electron chi connectivity index (χ1n) is 20.0. The Bertz CT molecular complexity index is 1920. The van der Waals surface area contributed by atoms with E-state index in [1.165, 1.54) is 12.1 Å². The van der Waals surface area contributed by atoms with E-state index < -0.39 is 26.5 Å².